The van der Waals surface area contributed by atoms with E-state index in [0.717, 1.165) is 33.8 Å². The summed E-state index contributed by atoms with van der Waals surface area (Å²) in [5.74, 6) is -2.28. The lowest BCUT2D eigenvalue weighted by Gasteiger charge is -2.08. The van der Waals surface area contributed by atoms with Gasteiger partial charge in [0, 0.05) is 20.3 Å². The highest BCUT2D eigenvalue weighted by atomic mass is 32.1. The second kappa shape index (κ2) is 7.58. The Morgan fingerprint density at radius 1 is 1.07 bits per heavy atom. The van der Waals surface area contributed by atoms with Gasteiger partial charge in [0.05, 0.1) is 19.8 Å². The Kier molecular flexibility index (Phi) is 5.64. The van der Waals surface area contributed by atoms with Crippen LogP contribution in [0, 0.1) is 6.92 Å². The number of amides is 1. The SMILES string of the molecule is COC(=O)c1sc(NC(=O)c2cn(C)c(=O)n(C)c2=O)c(C(=O)OC)c1C. The van der Waals surface area contributed by atoms with Crippen LogP contribution in [0.25, 0.3) is 0 Å². The molecule has 0 bridgehead atoms. The molecule has 0 aliphatic heterocycles. The standard InChI is InChI=1S/C16H17N3O7S/c1-7-9(14(22)25-4)12(27-10(7)15(23)26-5)17-11(20)8-6-18(2)16(24)19(3)13(8)21/h6H,1-5H3,(H,17,20). The minimum absolute atomic E-state index is 0.0158. The lowest BCUT2D eigenvalue weighted by atomic mass is 10.1. The van der Waals surface area contributed by atoms with Crippen molar-refractivity contribution in [3.8, 4) is 0 Å². The fraction of sp³-hybridized carbons (Fsp3) is 0.312. The summed E-state index contributed by atoms with van der Waals surface area (Å²) in [5.41, 5.74) is -1.43. The number of methoxy groups -OCH3 is 2. The van der Waals surface area contributed by atoms with Gasteiger partial charge in [0.25, 0.3) is 11.5 Å². The molecular formula is C16H17N3O7S. The Hall–Kier alpha value is -3.21. The number of anilines is 1. The van der Waals surface area contributed by atoms with Gasteiger partial charge < -0.3 is 19.4 Å². The van der Waals surface area contributed by atoms with E-state index >= 15 is 0 Å². The van der Waals surface area contributed by atoms with Crippen molar-refractivity contribution in [2.24, 2.45) is 14.1 Å². The van der Waals surface area contributed by atoms with E-state index in [2.05, 4.69) is 10.1 Å². The molecule has 0 atom stereocenters. The number of esters is 2. The van der Waals surface area contributed by atoms with Crippen LogP contribution in [-0.2, 0) is 23.6 Å². The van der Waals surface area contributed by atoms with Crippen LogP contribution in [0.3, 0.4) is 0 Å². The molecule has 0 saturated heterocycles. The van der Waals surface area contributed by atoms with E-state index in [0.29, 0.717) is 0 Å². The highest BCUT2D eigenvalue weighted by Crippen LogP contribution is 2.34. The van der Waals surface area contributed by atoms with Crippen molar-refractivity contribution in [1.82, 2.24) is 9.13 Å². The van der Waals surface area contributed by atoms with Gasteiger partial charge in [-0.15, -0.1) is 11.3 Å². The monoisotopic (exact) mass is 395 g/mol. The highest BCUT2D eigenvalue weighted by molar-refractivity contribution is 7.18. The topological polar surface area (TPSA) is 126 Å². The summed E-state index contributed by atoms with van der Waals surface area (Å²) >= 11 is 0.818. The molecule has 2 rings (SSSR count). The smallest absolute Gasteiger partial charge is 0.348 e. The lowest BCUT2D eigenvalue weighted by Crippen LogP contribution is -2.40. The molecule has 0 aromatic carbocycles. The van der Waals surface area contributed by atoms with Crippen LogP contribution in [0.15, 0.2) is 15.8 Å². The minimum atomic E-state index is -0.839. The number of carbonyl (C=O) groups is 3. The molecule has 2 heterocycles. The lowest BCUT2D eigenvalue weighted by molar-refractivity contribution is 0.0601. The van der Waals surface area contributed by atoms with Crippen LogP contribution >= 0.6 is 11.3 Å². The number of rotatable bonds is 4. The van der Waals surface area contributed by atoms with Crippen LogP contribution in [0.1, 0.15) is 36.0 Å². The molecule has 0 saturated carbocycles. The van der Waals surface area contributed by atoms with Gasteiger partial charge in [-0.25, -0.2) is 14.4 Å². The Morgan fingerprint density at radius 3 is 2.22 bits per heavy atom. The Morgan fingerprint density at radius 2 is 1.67 bits per heavy atom. The van der Waals surface area contributed by atoms with E-state index in [9.17, 15) is 24.0 Å². The van der Waals surface area contributed by atoms with Gasteiger partial charge in [0.1, 0.15) is 15.4 Å². The third kappa shape index (κ3) is 3.53. The minimum Gasteiger partial charge on any atom is -0.465 e. The predicted octanol–water partition coefficient (Wildman–Crippen LogP) is 0.279. The maximum absolute atomic E-state index is 12.6. The molecule has 27 heavy (non-hydrogen) atoms. The van der Waals surface area contributed by atoms with Crippen LogP contribution in [0.2, 0.25) is 0 Å². The van der Waals surface area contributed by atoms with E-state index in [-0.39, 0.29) is 26.6 Å². The molecule has 0 unspecified atom stereocenters. The molecule has 2 aromatic rings. The Bertz CT molecular complexity index is 1060. The van der Waals surface area contributed by atoms with Crippen molar-refractivity contribution in [3.63, 3.8) is 0 Å². The number of thiophene rings is 1. The fourth-order valence-electron chi connectivity index (χ4n) is 2.37. The van der Waals surface area contributed by atoms with Gasteiger partial charge in [-0.05, 0) is 12.5 Å². The molecule has 10 nitrogen and oxygen atoms in total. The van der Waals surface area contributed by atoms with Gasteiger partial charge >= 0.3 is 17.6 Å². The molecule has 11 heteroatoms. The second-order valence-electron chi connectivity index (χ2n) is 5.50. The zero-order valence-corrected chi connectivity index (χ0v) is 16.1. The largest absolute Gasteiger partial charge is 0.465 e. The normalized spacial score (nSPS) is 10.4. The van der Waals surface area contributed by atoms with Crippen LogP contribution in [0.4, 0.5) is 5.00 Å². The van der Waals surface area contributed by atoms with Crippen LogP contribution in [-0.4, -0.2) is 41.2 Å². The first-order valence-electron chi connectivity index (χ1n) is 7.52. The molecular weight excluding hydrogens is 378 g/mol. The summed E-state index contributed by atoms with van der Waals surface area (Å²) in [6.07, 6.45) is 1.10. The van der Waals surface area contributed by atoms with Crippen LogP contribution < -0.4 is 16.6 Å². The molecule has 0 spiro atoms. The summed E-state index contributed by atoms with van der Waals surface area (Å²) in [4.78, 5) is 60.6. The Balaban J connectivity index is 2.56. The first-order chi connectivity index (χ1) is 12.6. The molecule has 144 valence electrons. The Labute approximate surface area is 156 Å². The zero-order chi connectivity index (χ0) is 20.5. The molecule has 0 aliphatic carbocycles. The van der Waals surface area contributed by atoms with Gasteiger partial charge in [0.2, 0.25) is 0 Å². The van der Waals surface area contributed by atoms with Crippen molar-refractivity contribution in [2.45, 2.75) is 6.92 Å². The van der Waals surface area contributed by atoms with E-state index < -0.39 is 29.1 Å². The molecule has 1 N–H and O–H groups in total. The van der Waals surface area contributed by atoms with Gasteiger partial charge in [-0.3, -0.25) is 14.2 Å². The van der Waals surface area contributed by atoms with Crippen molar-refractivity contribution in [2.75, 3.05) is 19.5 Å². The second-order valence-corrected chi connectivity index (χ2v) is 6.52. The van der Waals surface area contributed by atoms with Crippen molar-refractivity contribution < 1.29 is 23.9 Å². The number of aromatic nitrogens is 2. The predicted molar refractivity (Wildman–Crippen MR) is 96.6 cm³/mol. The van der Waals surface area contributed by atoms with E-state index in [4.69, 9.17) is 4.74 Å². The first kappa shape index (κ1) is 20.1. The number of hydrogen-bond donors (Lipinski definition) is 1. The third-order valence-corrected chi connectivity index (χ3v) is 5.01. The number of nitrogens with zero attached hydrogens (tertiary/aromatic N) is 2. The summed E-state index contributed by atoms with van der Waals surface area (Å²) in [7, 11) is 4.98. The summed E-state index contributed by atoms with van der Waals surface area (Å²) in [6.45, 7) is 1.51. The van der Waals surface area contributed by atoms with Gasteiger partial charge in [-0.1, -0.05) is 0 Å². The van der Waals surface area contributed by atoms with E-state index in [1.54, 1.807) is 0 Å². The molecule has 2 aromatic heterocycles. The number of carbonyl (C=O) groups excluding carboxylic acids is 3. The fourth-order valence-corrected chi connectivity index (χ4v) is 3.48. The summed E-state index contributed by atoms with van der Waals surface area (Å²) in [6, 6.07) is 0. The summed E-state index contributed by atoms with van der Waals surface area (Å²) in [5, 5.41) is 2.47. The molecule has 0 aliphatic rings. The first-order valence-corrected chi connectivity index (χ1v) is 8.33. The number of hydrogen-bond acceptors (Lipinski definition) is 8. The van der Waals surface area contributed by atoms with E-state index in [1.165, 1.54) is 28.1 Å². The number of ether oxygens (including phenoxy) is 2. The summed E-state index contributed by atoms with van der Waals surface area (Å²) < 4.78 is 11.2. The maximum Gasteiger partial charge on any atom is 0.348 e. The number of nitrogens with one attached hydrogen (secondary N) is 1. The average Bonchev–Trinajstić information content (AvgIpc) is 2.97. The van der Waals surface area contributed by atoms with Crippen LogP contribution in [0.5, 0.6) is 0 Å². The molecule has 1 amide bonds. The van der Waals surface area contributed by atoms with Crippen molar-refractivity contribution in [1.29, 1.82) is 0 Å². The maximum atomic E-state index is 12.6. The third-order valence-electron chi connectivity index (χ3n) is 3.83. The quantitative estimate of drug-likeness (QED) is 0.737. The molecule has 0 fully saturated rings. The molecule has 0 radical (unpaired) electrons. The van der Waals surface area contributed by atoms with Crippen molar-refractivity contribution in [3.05, 3.63) is 48.6 Å². The number of aryl methyl sites for hydroxylation is 1. The van der Waals surface area contributed by atoms with Gasteiger partial charge in [0.15, 0.2) is 0 Å². The zero-order valence-electron chi connectivity index (χ0n) is 15.2. The van der Waals surface area contributed by atoms with E-state index in [1.807, 2.05) is 0 Å². The van der Waals surface area contributed by atoms with Gasteiger partial charge in [-0.2, -0.15) is 0 Å². The van der Waals surface area contributed by atoms with Crippen molar-refractivity contribution >= 4 is 34.2 Å². The average molecular weight is 395 g/mol. The highest BCUT2D eigenvalue weighted by Gasteiger charge is 2.27.